The summed E-state index contributed by atoms with van der Waals surface area (Å²) in [6, 6.07) is 13.3. The number of nitrogens with zero attached hydrogens (tertiary/aromatic N) is 2. The lowest BCUT2D eigenvalue weighted by atomic mass is 10.3. The summed E-state index contributed by atoms with van der Waals surface area (Å²) in [5.74, 6) is 1.82. The molecule has 0 bridgehead atoms. The van der Waals surface area contributed by atoms with Crippen molar-refractivity contribution in [1.82, 2.24) is 9.38 Å². The molecule has 3 rings (SSSR count). The minimum atomic E-state index is 0.578. The van der Waals surface area contributed by atoms with E-state index in [0.717, 1.165) is 22.9 Å². The third-order valence-electron chi connectivity index (χ3n) is 2.99. The molecule has 2 aromatic heterocycles. The van der Waals surface area contributed by atoms with E-state index in [2.05, 4.69) is 10.3 Å². The zero-order valence-corrected chi connectivity index (χ0v) is 11.0. The number of pyridine rings is 1. The molecule has 0 saturated carbocycles. The number of hydrogen-bond acceptors (Lipinski definition) is 4. The van der Waals surface area contributed by atoms with Gasteiger partial charge >= 0.3 is 0 Å². The third kappa shape index (κ3) is 2.66. The van der Waals surface area contributed by atoms with Crippen molar-refractivity contribution in [3.8, 4) is 5.75 Å². The molecule has 0 unspecified atom stereocenters. The maximum Gasteiger partial charge on any atom is 0.138 e. The minimum absolute atomic E-state index is 0.578. The molecule has 2 heterocycles. The lowest BCUT2D eigenvalue weighted by Gasteiger charge is -2.10. The highest BCUT2D eigenvalue weighted by Crippen LogP contribution is 2.13. The SMILES string of the molecule is Nc1ccc(OCCNc2cccc3nccn23)cc1. The monoisotopic (exact) mass is 268 g/mol. The second kappa shape index (κ2) is 5.52. The second-order valence-corrected chi connectivity index (χ2v) is 4.41. The number of aromatic nitrogens is 2. The zero-order chi connectivity index (χ0) is 13.8. The first-order chi connectivity index (χ1) is 9.83. The smallest absolute Gasteiger partial charge is 0.138 e. The average molecular weight is 268 g/mol. The molecule has 3 N–H and O–H groups in total. The highest BCUT2D eigenvalue weighted by Gasteiger charge is 1.99. The van der Waals surface area contributed by atoms with E-state index in [1.165, 1.54) is 0 Å². The van der Waals surface area contributed by atoms with Crippen LogP contribution in [0.15, 0.2) is 54.9 Å². The van der Waals surface area contributed by atoms with Crippen LogP contribution in [0.2, 0.25) is 0 Å². The number of imidazole rings is 1. The molecule has 0 fully saturated rings. The van der Waals surface area contributed by atoms with Gasteiger partial charge in [-0.3, -0.25) is 4.40 Å². The van der Waals surface area contributed by atoms with Gasteiger partial charge in [0.15, 0.2) is 0 Å². The molecule has 20 heavy (non-hydrogen) atoms. The summed E-state index contributed by atoms with van der Waals surface area (Å²) < 4.78 is 7.64. The summed E-state index contributed by atoms with van der Waals surface area (Å²) in [5, 5.41) is 3.33. The van der Waals surface area contributed by atoms with Gasteiger partial charge in [0.2, 0.25) is 0 Å². The summed E-state index contributed by atoms with van der Waals surface area (Å²) in [6.45, 7) is 1.29. The molecule has 0 aliphatic rings. The fourth-order valence-electron chi connectivity index (χ4n) is 2.00. The average Bonchev–Trinajstić information content (AvgIpc) is 2.94. The number of hydrogen-bond donors (Lipinski definition) is 2. The number of rotatable bonds is 5. The van der Waals surface area contributed by atoms with Crippen LogP contribution in [0.25, 0.3) is 5.65 Å². The van der Waals surface area contributed by atoms with Gasteiger partial charge in [-0.15, -0.1) is 0 Å². The summed E-state index contributed by atoms with van der Waals surface area (Å²) in [5.41, 5.74) is 7.29. The fourth-order valence-corrected chi connectivity index (χ4v) is 2.00. The molecule has 0 radical (unpaired) electrons. The van der Waals surface area contributed by atoms with Crippen LogP contribution >= 0.6 is 0 Å². The van der Waals surface area contributed by atoms with Gasteiger partial charge in [-0.2, -0.15) is 0 Å². The highest BCUT2D eigenvalue weighted by atomic mass is 16.5. The van der Waals surface area contributed by atoms with Crippen molar-refractivity contribution in [2.45, 2.75) is 0 Å². The van der Waals surface area contributed by atoms with Gasteiger partial charge < -0.3 is 15.8 Å². The first-order valence-electron chi connectivity index (χ1n) is 6.47. The van der Waals surface area contributed by atoms with Crippen LogP contribution in [0.4, 0.5) is 11.5 Å². The highest BCUT2D eigenvalue weighted by molar-refractivity contribution is 5.49. The third-order valence-corrected chi connectivity index (χ3v) is 2.99. The standard InChI is InChI=1S/C15H16N4O/c16-12-4-6-13(7-5-12)20-11-9-18-15-3-1-2-14-17-8-10-19(14)15/h1-8,10,18H,9,11,16H2. The Morgan fingerprint density at radius 2 is 2.00 bits per heavy atom. The lowest BCUT2D eigenvalue weighted by molar-refractivity contribution is 0.333. The Morgan fingerprint density at radius 1 is 1.15 bits per heavy atom. The maximum atomic E-state index is 5.63. The van der Waals surface area contributed by atoms with Crippen molar-refractivity contribution >= 4 is 17.2 Å². The molecular formula is C15H16N4O. The predicted octanol–water partition coefficient (Wildman–Crippen LogP) is 2.41. The molecule has 0 spiro atoms. The number of nitrogens with two attached hydrogens (primary N) is 1. The Bertz CT molecular complexity index is 690. The van der Waals surface area contributed by atoms with Crippen LogP contribution in [-0.2, 0) is 0 Å². The number of benzene rings is 1. The summed E-state index contributed by atoms with van der Waals surface area (Å²) >= 11 is 0. The van der Waals surface area contributed by atoms with E-state index in [1.807, 2.05) is 53.1 Å². The van der Waals surface area contributed by atoms with E-state index in [1.54, 1.807) is 6.20 Å². The fraction of sp³-hybridized carbons (Fsp3) is 0.133. The Kier molecular flexibility index (Phi) is 3.41. The van der Waals surface area contributed by atoms with Crippen molar-refractivity contribution in [1.29, 1.82) is 0 Å². The van der Waals surface area contributed by atoms with E-state index < -0.39 is 0 Å². The van der Waals surface area contributed by atoms with Crippen molar-refractivity contribution in [3.05, 3.63) is 54.9 Å². The van der Waals surface area contributed by atoms with E-state index >= 15 is 0 Å². The van der Waals surface area contributed by atoms with Crippen LogP contribution in [0, 0.1) is 0 Å². The Balaban J connectivity index is 1.55. The van der Waals surface area contributed by atoms with E-state index in [0.29, 0.717) is 13.2 Å². The molecule has 5 nitrogen and oxygen atoms in total. The molecule has 102 valence electrons. The van der Waals surface area contributed by atoms with Gasteiger partial charge in [0.25, 0.3) is 0 Å². The molecule has 3 aromatic rings. The molecule has 1 aromatic carbocycles. The number of fused-ring (bicyclic) bond motifs is 1. The van der Waals surface area contributed by atoms with Crippen molar-refractivity contribution in [3.63, 3.8) is 0 Å². The van der Waals surface area contributed by atoms with Crippen LogP contribution in [-0.4, -0.2) is 22.5 Å². The maximum absolute atomic E-state index is 5.63. The first-order valence-corrected chi connectivity index (χ1v) is 6.47. The van der Waals surface area contributed by atoms with Crippen molar-refractivity contribution < 1.29 is 4.74 Å². The molecule has 0 amide bonds. The first kappa shape index (κ1) is 12.3. The topological polar surface area (TPSA) is 64.6 Å². The summed E-state index contributed by atoms with van der Waals surface area (Å²) in [7, 11) is 0. The van der Waals surface area contributed by atoms with E-state index in [9.17, 15) is 0 Å². The van der Waals surface area contributed by atoms with Gasteiger partial charge in [-0.05, 0) is 36.4 Å². The number of ether oxygens (including phenoxy) is 1. The van der Waals surface area contributed by atoms with Gasteiger partial charge in [-0.1, -0.05) is 6.07 Å². The largest absolute Gasteiger partial charge is 0.492 e. The normalized spacial score (nSPS) is 10.6. The quantitative estimate of drug-likeness (QED) is 0.551. The van der Waals surface area contributed by atoms with Crippen LogP contribution < -0.4 is 15.8 Å². The Hall–Kier alpha value is -2.69. The van der Waals surface area contributed by atoms with Crippen LogP contribution in [0.1, 0.15) is 0 Å². The molecule has 5 heteroatoms. The molecular weight excluding hydrogens is 252 g/mol. The van der Waals surface area contributed by atoms with Crippen molar-refractivity contribution in [2.75, 3.05) is 24.2 Å². The summed E-state index contributed by atoms with van der Waals surface area (Å²) in [6.07, 6.45) is 3.71. The number of nitrogens with one attached hydrogen (secondary N) is 1. The predicted molar refractivity (Wildman–Crippen MR) is 80.0 cm³/mol. The zero-order valence-electron chi connectivity index (χ0n) is 11.0. The molecule has 0 atom stereocenters. The number of nitrogen functional groups attached to an aromatic ring is 1. The van der Waals surface area contributed by atoms with Crippen molar-refractivity contribution in [2.24, 2.45) is 0 Å². The van der Waals surface area contributed by atoms with Gasteiger partial charge in [0.05, 0.1) is 6.54 Å². The van der Waals surface area contributed by atoms with Crippen LogP contribution in [0.5, 0.6) is 5.75 Å². The summed E-state index contributed by atoms with van der Waals surface area (Å²) in [4.78, 5) is 4.24. The lowest BCUT2D eigenvalue weighted by Crippen LogP contribution is -2.13. The molecule has 0 saturated heterocycles. The number of anilines is 2. The van der Waals surface area contributed by atoms with E-state index in [-0.39, 0.29) is 0 Å². The minimum Gasteiger partial charge on any atom is -0.492 e. The van der Waals surface area contributed by atoms with Gasteiger partial charge in [0, 0.05) is 18.1 Å². The molecule has 0 aliphatic heterocycles. The van der Waals surface area contributed by atoms with E-state index in [4.69, 9.17) is 10.5 Å². The second-order valence-electron chi connectivity index (χ2n) is 4.41. The Morgan fingerprint density at radius 3 is 2.85 bits per heavy atom. The van der Waals surface area contributed by atoms with Gasteiger partial charge in [-0.25, -0.2) is 4.98 Å². The Labute approximate surface area is 117 Å². The molecule has 0 aliphatic carbocycles. The van der Waals surface area contributed by atoms with Gasteiger partial charge in [0.1, 0.15) is 23.8 Å². The van der Waals surface area contributed by atoms with Crippen LogP contribution in [0.3, 0.4) is 0 Å².